The first-order valence-electron chi connectivity index (χ1n) is 14.1. The van der Waals surface area contributed by atoms with Crippen molar-refractivity contribution in [2.45, 2.75) is 78.7 Å². The van der Waals surface area contributed by atoms with Crippen molar-refractivity contribution in [3.63, 3.8) is 0 Å². The third-order valence-corrected chi connectivity index (χ3v) is 6.67. The van der Waals surface area contributed by atoms with Crippen molar-refractivity contribution >= 4 is 23.6 Å². The highest BCUT2D eigenvalue weighted by molar-refractivity contribution is 5.87. The summed E-state index contributed by atoms with van der Waals surface area (Å²) in [5, 5.41) is 21.2. The normalized spacial score (nSPS) is 14.2. The number of benzene rings is 2. The zero-order valence-electron chi connectivity index (χ0n) is 25.2. The zero-order valence-corrected chi connectivity index (χ0v) is 25.2. The van der Waals surface area contributed by atoms with E-state index in [1.165, 1.54) is 31.0 Å². The molecule has 42 heavy (non-hydrogen) atoms. The van der Waals surface area contributed by atoms with Crippen LogP contribution < -0.4 is 21.4 Å². The van der Waals surface area contributed by atoms with Crippen molar-refractivity contribution in [3.05, 3.63) is 71.5 Å². The molecule has 0 aliphatic carbocycles. The van der Waals surface area contributed by atoms with Crippen LogP contribution in [0.25, 0.3) is 0 Å². The fraction of sp³-hybridized carbons (Fsp3) is 0.484. The Morgan fingerprint density at radius 3 is 1.79 bits per heavy atom. The number of nitrogens with zero attached hydrogens (tertiary/aromatic N) is 1. The molecule has 2 aromatic rings. The molecule has 0 fully saturated rings. The highest BCUT2D eigenvalue weighted by Crippen LogP contribution is 2.13. The van der Waals surface area contributed by atoms with Crippen LogP contribution >= 0.6 is 0 Å². The first-order chi connectivity index (χ1) is 19.8. The number of aliphatic hydroxyl groups excluding tert-OH is 1. The Morgan fingerprint density at radius 2 is 1.29 bits per heavy atom. The molecule has 0 radical (unpaired) electrons. The predicted octanol–water partition coefficient (Wildman–Crippen LogP) is 2.07. The molecule has 0 saturated carbocycles. The molecule has 4 amide bonds. The smallest absolute Gasteiger partial charge is 0.257 e. The number of carbonyl (C=O) groups is 4. The second-order valence-electron chi connectivity index (χ2n) is 11.2. The summed E-state index contributed by atoms with van der Waals surface area (Å²) in [7, 11) is 0. The number of nitrogens with one attached hydrogen (secondary N) is 4. The van der Waals surface area contributed by atoms with E-state index < -0.39 is 41.9 Å². The minimum atomic E-state index is -1.18. The molecule has 0 spiro atoms. The summed E-state index contributed by atoms with van der Waals surface area (Å²) >= 11 is 0. The molecule has 10 nitrogen and oxygen atoms in total. The summed E-state index contributed by atoms with van der Waals surface area (Å²) in [6, 6.07) is 12.6. The lowest BCUT2D eigenvalue weighted by Crippen LogP contribution is -2.59. The molecule has 11 heteroatoms. The van der Waals surface area contributed by atoms with Gasteiger partial charge >= 0.3 is 0 Å². The lowest BCUT2D eigenvalue weighted by atomic mass is 9.98. The van der Waals surface area contributed by atoms with Gasteiger partial charge in [0.25, 0.3) is 5.91 Å². The Bertz CT molecular complexity index is 1180. The van der Waals surface area contributed by atoms with Gasteiger partial charge in [0.2, 0.25) is 17.7 Å². The minimum Gasteiger partial charge on any atom is -0.390 e. The molecular formula is C31H44FN5O5. The van der Waals surface area contributed by atoms with Gasteiger partial charge in [0.15, 0.2) is 0 Å². The summed E-state index contributed by atoms with van der Waals surface area (Å²) in [6.07, 6.45) is -0.907. The number of rotatable bonds is 15. The van der Waals surface area contributed by atoms with Crippen molar-refractivity contribution in [2.75, 3.05) is 6.54 Å². The van der Waals surface area contributed by atoms with Gasteiger partial charge in [0, 0.05) is 26.9 Å². The van der Waals surface area contributed by atoms with Gasteiger partial charge in [-0.1, -0.05) is 70.2 Å². The first-order valence-corrected chi connectivity index (χ1v) is 14.1. The van der Waals surface area contributed by atoms with E-state index in [0.29, 0.717) is 5.56 Å². The van der Waals surface area contributed by atoms with Gasteiger partial charge in [0.1, 0.15) is 17.9 Å². The fourth-order valence-electron chi connectivity index (χ4n) is 4.47. The molecule has 5 N–H and O–H groups in total. The van der Waals surface area contributed by atoms with Crippen LogP contribution in [0.1, 0.15) is 52.7 Å². The highest BCUT2D eigenvalue weighted by Gasteiger charge is 2.31. The number of hydrogen-bond acceptors (Lipinski definition) is 6. The Kier molecular flexibility index (Phi) is 13.6. The standard InChI is InChI=1S/C31H44FN5O5/c1-19(2)28(33-21(5)38)30(41)35-26(16-23-10-8-7-9-11-23)27(40)18-37(17-24-12-14-25(32)15-13-24)36-31(42)29(20(3)4)34-22(6)39/h7-15,19-20,26-29,40H,16-18H2,1-6H3,(H,33,38)(H,34,39)(H,35,41)(H,36,42)/t26-,27-,28-,29-/m0/s1. The van der Waals surface area contributed by atoms with Crippen molar-refractivity contribution in [1.82, 2.24) is 26.4 Å². The summed E-state index contributed by atoms with van der Waals surface area (Å²) in [5.74, 6) is -2.49. The van der Waals surface area contributed by atoms with Gasteiger partial charge < -0.3 is 21.1 Å². The summed E-state index contributed by atoms with van der Waals surface area (Å²) in [4.78, 5) is 50.0. The van der Waals surface area contributed by atoms with E-state index in [1.54, 1.807) is 26.0 Å². The van der Waals surface area contributed by atoms with E-state index in [4.69, 9.17) is 0 Å². The molecule has 230 valence electrons. The molecular weight excluding hydrogens is 541 g/mol. The van der Waals surface area contributed by atoms with Crippen molar-refractivity contribution in [2.24, 2.45) is 11.8 Å². The number of carbonyl (C=O) groups excluding carboxylic acids is 4. The van der Waals surface area contributed by atoms with Crippen LogP contribution in [0.2, 0.25) is 0 Å². The van der Waals surface area contributed by atoms with Crippen LogP contribution in [0, 0.1) is 17.7 Å². The number of halogens is 1. The Morgan fingerprint density at radius 1 is 0.762 bits per heavy atom. The van der Waals surface area contributed by atoms with Crippen LogP contribution in [0.15, 0.2) is 54.6 Å². The first kappa shape index (κ1) is 34.4. The number of hydrazine groups is 1. The van der Waals surface area contributed by atoms with E-state index >= 15 is 0 Å². The largest absolute Gasteiger partial charge is 0.390 e. The van der Waals surface area contributed by atoms with E-state index in [1.807, 2.05) is 44.2 Å². The van der Waals surface area contributed by atoms with E-state index in [9.17, 15) is 28.7 Å². The molecule has 2 rings (SSSR count). The lowest BCUT2D eigenvalue weighted by molar-refractivity contribution is -0.134. The van der Waals surface area contributed by atoms with Gasteiger partial charge in [-0.25, -0.2) is 9.40 Å². The molecule has 0 aliphatic heterocycles. The van der Waals surface area contributed by atoms with Crippen LogP contribution in [0.5, 0.6) is 0 Å². The fourth-order valence-corrected chi connectivity index (χ4v) is 4.47. The molecule has 0 unspecified atom stereocenters. The number of amides is 4. The third-order valence-electron chi connectivity index (χ3n) is 6.67. The average molecular weight is 586 g/mol. The summed E-state index contributed by atoms with van der Waals surface area (Å²) < 4.78 is 13.6. The second kappa shape index (κ2) is 16.6. The van der Waals surface area contributed by atoms with Gasteiger partial charge in [0.05, 0.1) is 12.1 Å². The maximum absolute atomic E-state index is 13.6. The molecule has 0 aliphatic rings. The Balaban J connectivity index is 2.35. The van der Waals surface area contributed by atoms with Crippen LogP contribution in [-0.2, 0) is 32.1 Å². The predicted molar refractivity (Wildman–Crippen MR) is 158 cm³/mol. The third kappa shape index (κ3) is 11.6. The van der Waals surface area contributed by atoms with E-state index in [0.717, 1.165) is 5.56 Å². The molecule has 0 bridgehead atoms. The van der Waals surface area contributed by atoms with E-state index in [2.05, 4.69) is 21.4 Å². The molecule has 0 heterocycles. The molecule has 0 saturated heterocycles. The van der Waals surface area contributed by atoms with Gasteiger partial charge in [-0.3, -0.25) is 24.6 Å². The van der Waals surface area contributed by atoms with Crippen molar-refractivity contribution in [1.29, 1.82) is 0 Å². The Labute approximate surface area is 247 Å². The van der Waals surface area contributed by atoms with Crippen LogP contribution in [0.4, 0.5) is 4.39 Å². The van der Waals surface area contributed by atoms with Crippen molar-refractivity contribution in [3.8, 4) is 0 Å². The average Bonchev–Trinajstić information content (AvgIpc) is 2.91. The number of hydrogen-bond donors (Lipinski definition) is 5. The minimum absolute atomic E-state index is 0.112. The summed E-state index contributed by atoms with van der Waals surface area (Å²) in [5.41, 5.74) is 4.32. The maximum Gasteiger partial charge on any atom is 0.257 e. The number of aliphatic hydroxyl groups is 1. The Hall–Kier alpha value is -3.83. The van der Waals surface area contributed by atoms with Gasteiger partial charge in [-0.15, -0.1) is 0 Å². The van der Waals surface area contributed by atoms with Crippen molar-refractivity contribution < 1.29 is 28.7 Å². The van der Waals surface area contributed by atoms with Crippen LogP contribution in [-0.4, -0.2) is 64.5 Å². The SMILES string of the molecule is CC(=O)N[C@H](C(=O)N[C@@H](Cc1ccccc1)[C@@H](O)CN(Cc1ccc(F)cc1)NC(=O)[C@@H](NC(C)=O)C(C)C)C(C)C. The van der Waals surface area contributed by atoms with Gasteiger partial charge in [-0.2, -0.15) is 0 Å². The monoisotopic (exact) mass is 585 g/mol. The molecule has 2 aromatic carbocycles. The maximum atomic E-state index is 13.6. The topological polar surface area (TPSA) is 140 Å². The zero-order chi connectivity index (χ0) is 31.4. The quantitative estimate of drug-likeness (QED) is 0.203. The highest BCUT2D eigenvalue weighted by atomic mass is 19.1. The van der Waals surface area contributed by atoms with Gasteiger partial charge in [-0.05, 0) is 41.5 Å². The second-order valence-corrected chi connectivity index (χ2v) is 11.2. The van der Waals surface area contributed by atoms with Crippen LogP contribution in [0.3, 0.4) is 0 Å². The molecule has 4 atom stereocenters. The summed E-state index contributed by atoms with van der Waals surface area (Å²) in [6.45, 7) is 9.87. The van der Waals surface area contributed by atoms with E-state index in [-0.39, 0.29) is 43.2 Å². The lowest BCUT2D eigenvalue weighted by Gasteiger charge is -2.33. The molecule has 0 aromatic heterocycles.